The molecule has 0 bridgehead atoms. The van der Waals surface area contributed by atoms with E-state index in [9.17, 15) is 14.0 Å². The van der Waals surface area contributed by atoms with Crippen molar-refractivity contribution in [1.29, 1.82) is 0 Å². The molecule has 150 valence electrons. The molecule has 6 heteroatoms. The van der Waals surface area contributed by atoms with Crippen molar-refractivity contribution in [2.45, 2.75) is 39.1 Å². The molecular weight excluding hydrogens is 375 g/mol. The van der Waals surface area contributed by atoms with E-state index in [4.69, 9.17) is 0 Å². The lowest BCUT2D eigenvalue weighted by atomic mass is 10.1. The predicted molar refractivity (Wildman–Crippen MR) is 112 cm³/mol. The van der Waals surface area contributed by atoms with Crippen LogP contribution in [0.15, 0.2) is 48.5 Å². The highest BCUT2D eigenvalue weighted by molar-refractivity contribution is 7.99. The van der Waals surface area contributed by atoms with Gasteiger partial charge in [0.1, 0.15) is 11.9 Å². The van der Waals surface area contributed by atoms with Gasteiger partial charge in [0, 0.05) is 18.8 Å². The van der Waals surface area contributed by atoms with E-state index in [0.29, 0.717) is 18.8 Å². The molecule has 28 heavy (non-hydrogen) atoms. The van der Waals surface area contributed by atoms with E-state index in [1.807, 2.05) is 38.1 Å². The van der Waals surface area contributed by atoms with Crippen LogP contribution in [0, 0.1) is 12.7 Å². The summed E-state index contributed by atoms with van der Waals surface area (Å²) in [5.41, 5.74) is 3.07. The van der Waals surface area contributed by atoms with E-state index in [0.717, 1.165) is 16.7 Å². The van der Waals surface area contributed by atoms with Crippen molar-refractivity contribution in [3.63, 3.8) is 0 Å². The van der Waals surface area contributed by atoms with Crippen LogP contribution in [-0.4, -0.2) is 35.1 Å². The number of halogens is 1. The smallest absolute Gasteiger partial charge is 0.242 e. The van der Waals surface area contributed by atoms with Gasteiger partial charge in [-0.25, -0.2) is 4.39 Å². The van der Waals surface area contributed by atoms with Gasteiger partial charge in [0.15, 0.2) is 0 Å². The van der Waals surface area contributed by atoms with Crippen molar-refractivity contribution in [3.8, 4) is 0 Å². The molecule has 2 aromatic carbocycles. The van der Waals surface area contributed by atoms with E-state index in [1.165, 1.54) is 23.9 Å². The molecule has 0 aromatic heterocycles. The molecule has 0 aliphatic heterocycles. The van der Waals surface area contributed by atoms with Crippen LogP contribution in [0.3, 0.4) is 0 Å². The van der Waals surface area contributed by atoms with Crippen LogP contribution in [0.5, 0.6) is 0 Å². The number of amides is 2. The van der Waals surface area contributed by atoms with Gasteiger partial charge in [0.25, 0.3) is 0 Å². The van der Waals surface area contributed by atoms with Gasteiger partial charge in [-0.2, -0.15) is 0 Å². The van der Waals surface area contributed by atoms with Crippen LogP contribution in [-0.2, 0) is 21.9 Å². The summed E-state index contributed by atoms with van der Waals surface area (Å²) in [6, 6.07) is 13.6. The molecule has 4 nitrogen and oxygen atoms in total. The van der Waals surface area contributed by atoms with Crippen LogP contribution in [0.1, 0.15) is 30.5 Å². The average molecular weight is 403 g/mol. The molecule has 2 amide bonds. The molecule has 0 aliphatic carbocycles. The summed E-state index contributed by atoms with van der Waals surface area (Å²) in [6.45, 7) is 6.52. The SMILES string of the molecule is CCNC(=O)[C@H](C)N(Cc1ccccc1C)C(=O)CSCc1ccc(F)cc1. The zero-order chi connectivity index (χ0) is 20.5. The van der Waals surface area contributed by atoms with Gasteiger partial charge in [-0.15, -0.1) is 11.8 Å². The number of nitrogens with one attached hydrogen (secondary N) is 1. The number of nitrogens with zero attached hydrogens (tertiary/aromatic N) is 1. The van der Waals surface area contributed by atoms with Crippen molar-refractivity contribution >= 4 is 23.6 Å². The average Bonchev–Trinajstić information content (AvgIpc) is 2.68. The van der Waals surface area contributed by atoms with E-state index in [1.54, 1.807) is 24.0 Å². The minimum absolute atomic E-state index is 0.0888. The van der Waals surface area contributed by atoms with Crippen LogP contribution in [0.25, 0.3) is 0 Å². The van der Waals surface area contributed by atoms with Crippen molar-refractivity contribution in [2.24, 2.45) is 0 Å². The van der Waals surface area contributed by atoms with E-state index >= 15 is 0 Å². The lowest BCUT2D eigenvalue weighted by molar-refractivity contribution is -0.138. The monoisotopic (exact) mass is 402 g/mol. The fourth-order valence-corrected chi connectivity index (χ4v) is 3.67. The Balaban J connectivity index is 2.06. The predicted octanol–water partition coefficient (Wildman–Crippen LogP) is 3.92. The molecule has 0 spiro atoms. The highest BCUT2D eigenvalue weighted by Gasteiger charge is 2.26. The Labute approximate surface area is 170 Å². The lowest BCUT2D eigenvalue weighted by Crippen LogP contribution is -2.48. The zero-order valence-electron chi connectivity index (χ0n) is 16.6. The molecule has 2 rings (SSSR count). The topological polar surface area (TPSA) is 49.4 Å². The summed E-state index contributed by atoms with van der Waals surface area (Å²) in [6.07, 6.45) is 0. The van der Waals surface area contributed by atoms with Crippen LogP contribution in [0.4, 0.5) is 4.39 Å². The second-order valence-electron chi connectivity index (χ2n) is 6.64. The fraction of sp³-hybridized carbons (Fsp3) is 0.364. The standard InChI is InChI=1S/C22H27FN2O2S/c1-4-24-22(27)17(3)25(13-19-8-6-5-7-16(19)2)21(26)15-28-14-18-9-11-20(23)12-10-18/h5-12,17H,4,13-15H2,1-3H3,(H,24,27)/t17-/m0/s1. The lowest BCUT2D eigenvalue weighted by Gasteiger charge is -2.29. The molecule has 1 atom stereocenters. The number of likely N-dealkylation sites (N-methyl/N-ethyl adjacent to an activating group) is 1. The number of carbonyl (C=O) groups excluding carboxylic acids is 2. The van der Waals surface area contributed by atoms with Crippen molar-refractivity contribution in [3.05, 3.63) is 71.0 Å². The van der Waals surface area contributed by atoms with Gasteiger partial charge in [-0.05, 0) is 49.6 Å². The maximum Gasteiger partial charge on any atom is 0.242 e. The fourth-order valence-electron chi connectivity index (χ4n) is 2.80. The van der Waals surface area contributed by atoms with Gasteiger partial charge in [0.2, 0.25) is 11.8 Å². The third-order valence-corrected chi connectivity index (χ3v) is 5.52. The molecular formula is C22H27FN2O2S. The number of aryl methyl sites for hydroxylation is 1. The summed E-state index contributed by atoms with van der Waals surface area (Å²) >= 11 is 1.46. The van der Waals surface area contributed by atoms with Crippen molar-refractivity contribution < 1.29 is 14.0 Å². The second kappa shape index (κ2) is 10.9. The molecule has 0 saturated carbocycles. The molecule has 1 N–H and O–H groups in total. The minimum Gasteiger partial charge on any atom is -0.355 e. The first-order valence-corrected chi connectivity index (χ1v) is 10.5. The third-order valence-electron chi connectivity index (χ3n) is 4.53. The largest absolute Gasteiger partial charge is 0.355 e. The number of rotatable bonds is 9. The van der Waals surface area contributed by atoms with Crippen molar-refractivity contribution in [1.82, 2.24) is 10.2 Å². The van der Waals surface area contributed by atoms with Crippen LogP contribution < -0.4 is 5.32 Å². The quantitative estimate of drug-likeness (QED) is 0.692. The number of carbonyl (C=O) groups is 2. The zero-order valence-corrected chi connectivity index (χ0v) is 17.4. The number of hydrogen-bond acceptors (Lipinski definition) is 3. The maximum atomic E-state index is 13.0. The maximum absolute atomic E-state index is 13.0. The van der Waals surface area contributed by atoms with E-state index < -0.39 is 6.04 Å². The summed E-state index contributed by atoms with van der Waals surface area (Å²) in [5.74, 6) is 0.347. The molecule has 0 saturated heterocycles. The Kier molecular flexibility index (Phi) is 8.51. The minimum atomic E-state index is -0.557. The Morgan fingerprint density at radius 2 is 1.82 bits per heavy atom. The van der Waals surface area contributed by atoms with Crippen LogP contribution in [0.2, 0.25) is 0 Å². The van der Waals surface area contributed by atoms with Gasteiger partial charge < -0.3 is 10.2 Å². The van der Waals surface area contributed by atoms with Gasteiger partial charge in [-0.1, -0.05) is 36.4 Å². The first-order valence-electron chi connectivity index (χ1n) is 9.36. The summed E-state index contributed by atoms with van der Waals surface area (Å²) < 4.78 is 13.0. The molecule has 2 aromatic rings. The molecule has 0 fully saturated rings. The Hall–Kier alpha value is -2.34. The second-order valence-corrected chi connectivity index (χ2v) is 7.62. The van der Waals surface area contributed by atoms with Gasteiger partial charge >= 0.3 is 0 Å². The Morgan fingerprint density at radius 3 is 2.46 bits per heavy atom. The van der Waals surface area contributed by atoms with Crippen molar-refractivity contribution in [2.75, 3.05) is 12.3 Å². The van der Waals surface area contributed by atoms with Crippen LogP contribution >= 0.6 is 11.8 Å². The highest BCUT2D eigenvalue weighted by Crippen LogP contribution is 2.17. The molecule has 0 unspecified atom stereocenters. The first kappa shape index (κ1) is 22.0. The van der Waals surface area contributed by atoms with Gasteiger partial charge in [-0.3, -0.25) is 9.59 Å². The number of thioether (sulfide) groups is 1. The first-order chi connectivity index (χ1) is 13.4. The Bertz CT molecular complexity index is 795. The summed E-state index contributed by atoms with van der Waals surface area (Å²) in [4.78, 5) is 26.9. The normalized spacial score (nSPS) is 11.7. The number of hydrogen-bond donors (Lipinski definition) is 1. The summed E-state index contributed by atoms with van der Waals surface area (Å²) in [5, 5.41) is 2.79. The van der Waals surface area contributed by atoms with E-state index in [-0.39, 0.29) is 23.4 Å². The Morgan fingerprint density at radius 1 is 1.14 bits per heavy atom. The number of benzene rings is 2. The van der Waals surface area contributed by atoms with E-state index in [2.05, 4.69) is 5.32 Å². The molecule has 0 radical (unpaired) electrons. The molecule has 0 heterocycles. The highest BCUT2D eigenvalue weighted by atomic mass is 32.2. The van der Waals surface area contributed by atoms with Gasteiger partial charge in [0.05, 0.1) is 5.75 Å². The third kappa shape index (κ3) is 6.37. The molecule has 0 aliphatic rings. The summed E-state index contributed by atoms with van der Waals surface area (Å²) in [7, 11) is 0.